The molecule has 1 atom stereocenters. The first-order valence-electron chi connectivity index (χ1n) is 10.2. The fourth-order valence-corrected chi connectivity index (χ4v) is 3.98. The van der Waals surface area contributed by atoms with E-state index in [-0.39, 0.29) is 17.4 Å². The van der Waals surface area contributed by atoms with E-state index in [2.05, 4.69) is 15.3 Å². The Labute approximate surface area is 190 Å². The molecule has 166 valence electrons. The number of oxazole rings is 1. The standard InChI is InChI=1S/C23H23ClFN5O2/c1-4-28-20-13-7-19(23(27)29-10-13)31-11(2)16-8-14(25)5-6-15(16)21-18(30-12(3)32-21)9-17(20)22(24)26/h5-8,10-11,26,28H,4,9H2,1-3H3,(H2,27,29)/b20-17-,26-22?/t11-/m1/s1. The van der Waals surface area contributed by atoms with Crippen molar-refractivity contribution in [3.05, 3.63) is 64.6 Å². The van der Waals surface area contributed by atoms with Gasteiger partial charge in [-0.05, 0) is 38.1 Å². The Bertz CT molecular complexity index is 1240. The smallest absolute Gasteiger partial charge is 0.192 e. The Balaban J connectivity index is 2.05. The number of ether oxygens (including phenoxy) is 1. The fourth-order valence-electron chi connectivity index (χ4n) is 3.82. The first kappa shape index (κ1) is 21.8. The number of aryl methyl sites for hydroxylation is 1. The molecule has 0 amide bonds. The van der Waals surface area contributed by atoms with Crippen LogP contribution in [0.3, 0.4) is 0 Å². The zero-order valence-electron chi connectivity index (χ0n) is 17.9. The van der Waals surface area contributed by atoms with Gasteiger partial charge in [-0.25, -0.2) is 14.4 Å². The number of halogens is 2. The molecule has 0 radical (unpaired) electrons. The van der Waals surface area contributed by atoms with E-state index >= 15 is 0 Å². The second-order valence-electron chi connectivity index (χ2n) is 7.48. The second kappa shape index (κ2) is 8.63. The molecule has 1 aliphatic rings. The molecule has 1 aromatic carbocycles. The Morgan fingerprint density at radius 1 is 1.38 bits per heavy atom. The van der Waals surface area contributed by atoms with Gasteiger partial charge in [0.2, 0.25) is 0 Å². The van der Waals surface area contributed by atoms with Crippen molar-refractivity contribution in [2.45, 2.75) is 33.3 Å². The zero-order chi connectivity index (χ0) is 23.0. The van der Waals surface area contributed by atoms with E-state index in [9.17, 15) is 4.39 Å². The summed E-state index contributed by atoms with van der Waals surface area (Å²) >= 11 is 6.24. The number of nitrogens with one attached hydrogen (secondary N) is 2. The molecule has 0 fully saturated rings. The minimum absolute atomic E-state index is 0.142. The van der Waals surface area contributed by atoms with Crippen molar-refractivity contribution in [2.24, 2.45) is 0 Å². The summed E-state index contributed by atoms with van der Waals surface area (Å²) in [6.45, 7) is 6.08. The van der Waals surface area contributed by atoms with Gasteiger partial charge in [0.05, 0.1) is 5.69 Å². The topological polar surface area (TPSA) is 110 Å². The summed E-state index contributed by atoms with van der Waals surface area (Å²) < 4.78 is 26.3. The van der Waals surface area contributed by atoms with Gasteiger partial charge in [0.25, 0.3) is 0 Å². The monoisotopic (exact) mass is 455 g/mol. The predicted octanol–water partition coefficient (Wildman–Crippen LogP) is 5.00. The number of benzene rings is 1. The number of hydrogen-bond acceptors (Lipinski definition) is 7. The lowest BCUT2D eigenvalue weighted by molar-refractivity contribution is 0.227. The highest BCUT2D eigenvalue weighted by atomic mass is 35.5. The molecular weight excluding hydrogens is 433 g/mol. The maximum Gasteiger partial charge on any atom is 0.192 e. The minimum Gasteiger partial charge on any atom is -0.482 e. The van der Waals surface area contributed by atoms with E-state index in [1.54, 1.807) is 32.2 Å². The van der Waals surface area contributed by atoms with Crippen LogP contribution in [0.25, 0.3) is 17.0 Å². The molecule has 32 heavy (non-hydrogen) atoms. The Morgan fingerprint density at radius 2 is 2.16 bits per heavy atom. The van der Waals surface area contributed by atoms with Gasteiger partial charge in [0.1, 0.15) is 17.1 Å². The Hall–Kier alpha value is -3.39. The van der Waals surface area contributed by atoms with E-state index < -0.39 is 11.9 Å². The number of pyridine rings is 1. The normalized spacial score (nSPS) is 18.0. The van der Waals surface area contributed by atoms with E-state index in [0.717, 1.165) is 0 Å². The van der Waals surface area contributed by atoms with Gasteiger partial charge >= 0.3 is 0 Å². The molecule has 3 aromatic rings. The molecule has 0 spiro atoms. The molecule has 1 aliphatic heterocycles. The number of nitrogens with two attached hydrogens (primary N) is 1. The van der Waals surface area contributed by atoms with Gasteiger partial charge in [0, 0.05) is 54.0 Å². The number of aromatic nitrogens is 2. The van der Waals surface area contributed by atoms with Crippen LogP contribution in [0.15, 0.2) is 40.5 Å². The molecule has 0 saturated carbocycles. The molecular formula is C23H23ClFN5O2. The fraction of sp³-hybridized carbons (Fsp3) is 0.261. The summed E-state index contributed by atoms with van der Waals surface area (Å²) in [4.78, 5) is 8.81. The van der Waals surface area contributed by atoms with E-state index in [4.69, 9.17) is 31.9 Å². The lowest BCUT2D eigenvalue weighted by atomic mass is 9.96. The summed E-state index contributed by atoms with van der Waals surface area (Å²) in [6.07, 6.45) is 1.26. The van der Waals surface area contributed by atoms with Gasteiger partial charge in [-0.1, -0.05) is 11.6 Å². The van der Waals surface area contributed by atoms with Crippen LogP contribution in [-0.4, -0.2) is 21.7 Å². The van der Waals surface area contributed by atoms with Crippen molar-refractivity contribution in [2.75, 3.05) is 12.3 Å². The Morgan fingerprint density at radius 3 is 2.88 bits per heavy atom. The summed E-state index contributed by atoms with van der Waals surface area (Å²) in [6, 6.07) is 6.15. The molecule has 7 nitrogen and oxygen atoms in total. The highest BCUT2D eigenvalue weighted by Crippen LogP contribution is 2.38. The van der Waals surface area contributed by atoms with E-state index in [1.165, 1.54) is 12.1 Å². The highest BCUT2D eigenvalue weighted by molar-refractivity contribution is 6.69. The molecule has 9 heteroatoms. The van der Waals surface area contributed by atoms with Crippen molar-refractivity contribution < 1.29 is 13.5 Å². The SMILES string of the molecule is CCN/C1=C(\C(=N)Cl)Cc2nc(C)oc2-c2ccc(F)cc2[C@@H](C)Oc2cc1cnc2N. The lowest BCUT2D eigenvalue weighted by Crippen LogP contribution is -2.18. The third-order valence-electron chi connectivity index (χ3n) is 5.24. The molecule has 3 heterocycles. The van der Waals surface area contributed by atoms with Crippen LogP contribution >= 0.6 is 11.6 Å². The van der Waals surface area contributed by atoms with Crippen LogP contribution in [0.5, 0.6) is 5.75 Å². The van der Waals surface area contributed by atoms with Crippen LogP contribution in [0, 0.1) is 18.2 Å². The summed E-state index contributed by atoms with van der Waals surface area (Å²) in [5.74, 6) is 1.07. The van der Waals surface area contributed by atoms with Crippen LogP contribution in [-0.2, 0) is 6.42 Å². The molecule has 2 bridgehead atoms. The van der Waals surface area contributed by atoms with Gasteiger partial charge < -0.3 is 20.2 Å². The van der Waals surface area contributed by atoms with Crippen molar-refractivity contribution in [1.29, 1.82) is 5.41 Å². The number of allylic oxidation sites excluding steroid dienone is 1. The highest BCUT2D eigenvalue weighted by Gasteiger charge is 2.26. The zero-order valence-corrected chi connectivity index (χ0v) is 18.7. The third kappa shape index (κ3) is 4.05. The maximum absolute atomic E-state index is 14.2. The lowest BCUT2D eigenvalue weighted by Gasteiger charge is -2.22. The molecule has 0 saturated heterocycles. The average Bonchev–Trinajstić information content (AvgIpc) is 3.11. The number of fused-ring (bicyclic) bond motifs is 5. The van der Waals surface area contributed by atoms with Crippen molar-refractivity contribution in [3.8, 4) is 17.1 Å². The number of anilines is 1. The number of rotatable bonds is 3. The molecule has 2 aromatic heterocycles. The molecule has 4 N–H and O–H groups in total. The van der Waals surface area contributed by atoms with Crippen molar-refractivity contribution in [1.82, 2.24) is 15.3 Å². The largest absolute Gasteiger partial charge is 0.482 e. The van der Waals surface area contributed by atoms with Crippen LogP contribution < -0.4 is 15.8 Å². The first-order valence-corrected chi connectivity index (χ1v) is 10.6. The van der Waals surface area contributed by atoms with E-state index in [1.807, 2.05) is 6.92 Å². The molecule has 0 aliphatic carbocycles. The number of nitrogen functional groups attached to an aromatic ring is 1. The van der Waals surface area contributed by atoms with Crippen LogP contribution in [0.1, 0.15) is 42.7 Å². The quantitative estimate of drug-likeness (QED) is 0.479. The first-order chi connectivity index (χ1) is 15.3. The minimum atomic E-state index is -0.560. The molecule has 0 unspecified atom stereocenters. The number of nitrogens with zero attached hydrogens (tertiary/aromatic N) is 2. The summed E-state index contributed by atoms with van der Waals surface area (Å²) in [5.41, 5.74) is 9.68. The summed E-state index contributed by atoms with van der Waals surface area (Å²) in [7, 11) is 0. The number of hydrogen-bond donors (Lipinski definition) is 3. The maximum atomic E-state index is 14.2. The van der Waals surface area contributed by atoms with Crippen molar-refractivity contribution >= 4 is 28.3 Å². The average molecular weight is 456 g/mol. The van der Waals surface area contributed by atoms with E-state index in [0.29, 0.717) is 57.6 Å². The predicted molar refractivity (Wildman–Crippen MR) is 122 cm³/mol. The molecule has 4 rings (SSSR count). The Kier molecular flexibility index (Phi) is 5.88. The van der Waals surface area contributed by atoms with Gasteiger partial charge in [0.15, 0.2) is 23.2 Å². The van der Waals surface area contributed by atoms with Crippen LogP contribution in [0.2, 0.25) is 0 Å². The van der Waals surface area contributed by atoms with Gasteiger partial charge in [-0.3, -0.25) is 5.41 Å². The third-order valence-corrected chi connectivity index (χ3v) is 5.47. The van der Waals surface area contributed by atoms with Crippen LogP contribution in [0.4, 0.5) is 10.2 Å². The van der Waals surface area contributed by atoms with Gasteiger partial charge in [-0.2, -0.15) is 0 Å². The van der Waals surface area contributed by atoms with Gasteiger partial charge in [-0.15, -0.1) is 0 Å². The second-order valence-corrected chi connectivity index (χ2v) is 7.86. The summed E-state index contributed by atoms with van der Waals surface area (Å²) in [5, 5.41) is 11.4. The van der Waals surface area contributed by atoms with Crippen molar-refractivity contribution in [3.63, 3.8) is 0 Å².